The summed E-state index contributed by atoms with van der Waals surface area (Å²) in [7, 11) is 0. The Labute approximate surface area is 131 Å². The van der Waals surface area contributed by atoms with Crippen molar-refractivity contribution < 1.29 is 9.53 Å². The SMILES string of the molecule is CCCCN(CCCC)CCCCC(C)(N)C(=O)OCC. The molecule has 0 aliphatic carbocycles. The van der Waals surface area contributed by atoms with E-state index < -0.39 is 5.54 Å². The van der Waals surface area contributed by atoms with Crippen LogP contribution in [-0.4, -0.2) is 42.6 Å². The van der Waals surface area contributed by atoms with Crippen molar-refractivity contribution in [1.29, 1.82) is 0 Å². The summed E-state index contributed by atoms with van der Waals surface area (Å²) in [6.07, 6.45) is 7.78. The van der Waals surface area contributed by atoms with Crippen LogP contribution in [0, 0.1) is 0 Å². The van der Waals surface area contributed by atoms with Gasteiger partial charge in [0.05, 0.1) is 6.61 Å². The lowest BCUT2D eigenvalue weighted by molar-refractivity contribution is -0.149. The van der Waals surface area contributed by atoms with Crippen LogP contribution in [0.2, 0.25) is 0 Å². The summed E-state index contributed by atoms with van der Waals surface area (Å²) < 4.78 is 5.02. The van der Waals surface area contributed by atoms with Crippen LogP contribution >= 0.6 is 0 Å². The van der Waals surface area contributed by atoms with E-state index in [9.17, 15) is 4.79 Å². The fourth-order valence-electron chi connectivity index (χ4n) is 2.32. The summed E-state index contributed by atoms with van der Waals surface area (Å²) in [5.74, 6) is -0.279. The van der Waals surface area contributed by atoms with E-state index in [2.05, 4.69) is 18.7 Å². The molecule has 0 spiro atoms. The van der Waals surface area contributed by atoms with Crippen LogP contribution in [0.5, 0.6) is 0 Å². The van der Waals surface area contributed by atoms with Crippen molar-refractivity contribution in [3.8, 4) is 0 Å². The molecule has 126 valence electrons. The number of ether oxygens (including phenoxy) is 1. The number of hydrogen-bond donors (Lipinski definition) is 1. The number of esters is 1. The van der Waals surface area contributed by atoms with Crippen LogP contribution in [0.1, 0.15) is 72.6 Å². The Hall–Kier alpha value is -0.610. The van der Waals surface area contributed by atoms with E-state index in [1.165, 1.54) is 38.8 Å². The number of nitrogens with zero attached hydrogens (tertiary/aromatic N) is 1. The lowest BCUT2D eigenvalue weighted by atomic mass is 9.96. The monoisotopic (exact) mass is 300 g/mol. The Morgan fingerprint density at radius 2 is 1.52 bits per heavy atom. The van der Waals surface area contributed by atoms with Crippen molar-refractivity contribution >= 4 is 5.97 Å². The average Bonchev–Trinajstić information content (AvgIpc) is 2.45. The molecule has 4 nitrogen and oxygen atoms in total. The third kappa shape index (κ3) is 9.86. The molecule has 2 N–H and O–H groups in total. The van der Waals surface area contributed by atoms with Crippen LogP contribution in [-0.2, 0) is 9.53 Å². The Balaban J connectivity index is 3.98. The second-order valence-electron chi connectivity index (χ2n) is 6.14. The highest BCUT2D eigenvalue weighted by atomic mass is 16.5. The molecule has 0 aromatic heterocycles. The zero-order valence-corrected chi connectivity index (χ0v) is 14.6. The minimum Gasteiger partial charge on any atom is -0.465 e. The van der Waals surface area contributed by atoms with Gasteiger partial charge in [-0.2, -0.15) is 0 Å². The van der Waals surface area contributed by atoms with Gasteiger partial charge in [0.25, 0.3) is 0 Å². The molecule has 0 heterocycles. The van der Waals surface area contributed by atoms with Crippen molar-refractivity contribution in [3.63, 3.8) is 0 Å². The Morgan fingerprint density at radius 3 is 2.00 bits per heavy atom. The van der Waals surface area contributed by atoms with Gasteiger partial charge in [0.1, 0.15) is 5.54 Å². The molecule has 0 bridgehead atoms. The van der Waals surface area contributed by atoms with Crippen molar-refractivity contribution in [2.24, 2.45) is 5.73 Å². The second kappa shape index (κ2) is 12.0. The van der Waals surface area contributed by atoms with Gasteiger partial charge in [-0.15, -0.1) is 0 Å². The maximum atomic E-state index is 11.7. The first-order chi connectivity index (χ1) is 9.97. The standard InChI is InChI=1S/C17H36N2O2/c1-5-8-13-19(14-9-6-2)15-11-10-12-17(4,18)16(20)21-7-3/h5-15,18H2,1-4H3. The summed E-state index contributed by atoms with van der Waals surface area (Å²) in [6, 6.07) is 0. The highest BCUT2D eigenvalue weighted by molar-refractivity contribution is 5.79. The highest BCUT2D eigenvalue weighted by Gasteiger charge is 2.29. The molecule has 0 aliphatic heterocycles. The van der Waals surface area contributed by atoms with E-state index in [-0.39, 0.29) is 5.97 Å². The van der Waals surface area contributed by atoms with Gasteiger partial charge >= 0.3 is 5.97 Å². The maximum Gasteiger partial charge on any atom is 0.325 e. The topological polar surface area (TPSA) is 55.6 Å². The van der Waals surface area contributed by atoms with Crippen LogP contribution in [0.25, 0.3) is 0 Å². The first-order valence-electron chi connectivity index (χ1n) is 8.66. The van der Waals surface area contributed by atoms with E-state index in [1.807, 2.05) is 6.92 Å². The molecule has 0 radical (unpaired) electrons. The fourth-order valence-corrected chi connectivity index (χ4v) is 2.32. The summed E-state index contributed by atoms with van der Waals surface area (Å²) in [5, 5.41) is 0. The number of carbonyl (C=O) groups is 1. The Bertz CT molecular complexity index is 260. The highest BCUT2D eigenvalue weighted by Crippen LogP contribution is 2.13. The van der Waals surface area contributed by atoms with E-state index in [1.54, 1.807) is 6.92 Å². The van der Waals surface area contributed by atoms with Crippen molar-refractivity contribution in [2.45, 2.75) is 78.2 Å². The molecule has 0 saturated heterocycles. The van der Waals surface area contributed by atoms with Gasteiger partial charge in [-0.1, -0.05) is 26.7 Å². The zero-order chi connectivity index (χ0) is 16.1. The predicted molar refractivity (Wildman–Crippen MR) is 89.3 cm³/mol. The molecule has 0 rings (SSSR count). The third-order valence-corrected chi connectivity index (χ3v) is 3.82. The largest absolute Gasteiger partial charge is 0.465 e. The quantitative estimate of drug-likeness (QED) is 0.419. The molecular formula is C17H36N2O2. The summed E-state index contributed by atoms with van der Waals surface area (Å²) in [6.45, 7) is 11.9. The molecule has 21 heavy (non-hydrogen) atoms. The van der Waals surface area contributed by atoms with Gasteiger partial charge < -0.3 is 15.4 Å². The van der Waals surface area contributed by atoms with Crippen LogP contribution in [0.15, 0.2) is 0 Å². The molecule has 0 aliphatic rings. The molecule has 0 aromatic rings. The van der Waals surface area contributed by atoms with Crippen LogP contribution < -0.4 is 5.73 Å². The normalized spacial score (nSPS) is 14.2. The van der Waals surface area contributed by atoms with E-state index in [0.29, 0.717) is 13.0 Å². The summed E-state index contributed by atoms with van der Waals surface area (Å²) in [4.78, 5) is 14.3. The predicted octanol–water partition coefficient (Wildman–Crippen LogP) is 3.34. The van der Waals surface area contributed by atoms with Gasteiger partial charge in [-0.25, -0.2) is 0 Å². The van der Waals surface area contributed by atoms with Gasteiger partial charge in [-0.3, -0.25) is 4.79 Å². The average molecular weight is 300 g/mol. The zero-order valence-electron chi connectivity index (χ0n) is 14.6. The number of carbonyl (C=O) groups excluding carboxylic acids is 1. The number of unbranched alkanes of at least 4 members (excludes halogenated alkanes) is 3. The van der Waals surface area contributed by atoms with E-state index >= 15 is 0 Å². The van der Waals surface area contributed by atoms with E-state index in [0.717, 1.165) is 19.4 Å². The molecular weight excluding hydrogens is 264 g/mol. The number of nitrogens with two attached hydrogens (primary N) is 1. The summed E-state index contributed by atoms with van der Waals surface area (Å²) in [5.41, 5.74) is 5.20. The van der Waals surface area contributed by atoms with Gasteiger partial charge in [0, 0.05) is 0 Å². The van der Waals surface area contributed by atoms with Gasteiger partial charge in [0.15, 0.2) is 0 Å². The van der Waals surface area contributed by atoms with Crippen molar-refractivity contribution in [3.05, 3.63) is 0 Å². The smallest absolute Gasteiger partial charge is 0.325 e. The Kier molecular flexibility index (Phi) is 11.6. The molecule has 0 saturated carbocycles. The van der Waals surface area contributed by atoms with Crippen molar-refractivity contribution in [2.75, 3.05) is 26.2 Å². The summed E-state index contributed by atoms with van der Waals surface area (Å²) >= 11 is 0. The molecule has 0 fully saturated rings. The lowest BCUT2D eigenvalue weighted by Crippen LogP contribution is -2.46. The first kappa shape index (κ1) is 20.4. The number of hydrogen-bond acceptors (Lipinski definition) is 4. The van der Waals surface area contributed by atoms with Crippen molar-refractivity contribution in [1.82, 2.24) is 4.90 Å². The minimum absolute atomic E-state index is 0.279. The molecule has 1 unspecified atom stereocenters. The van der Waals surface area contributed by atoms with Crippen LogP contribution in [0.3, 0.4) is 0 Å². The molecule has 0 amide bonds. The first-order valence-corrected chi connectivity index (χ1v) is 8.66. The maximum absolute atomic E-state index is 11.7. The number of rotatable bonds is 13. The minimum atomic E-state index is -0.840. The second-order valence-corrected chi connectivity index (χ2v) is 6.14. The molecule has 0 aromatic carbocycles. The van der Waals surface area contributed by atoms with Crippen LogP contribution in [0.4, 0.5) is 0 Å². The lowest BCUT2D eigenvalue weighted by Gasteiger charge is -2.24. The molecule has 4 heteroatoms. The Morgan fingerprint density at radius 1 is 1.00 bits per heavy atom. The van der Waals surface area contributed by atoms with Gasteiger partial charge in [0.2, 0.25) is 0 Å². The third-order valence-electron chi connectivity index (χ3n) is 3.82. The van der Waals surface area contributed by atoms with E-state index in [4.69, 9.17) is 10.5 Å². The van der Waals surface area contributed by atoms with Gasteiger partial charge in [-0.05, 0) is 65.6 Å². The fraction of sp³-hybridized carbons (Fsp3) is 0.941. The molecule has 1 atom stereocenters.